The molecule has 55 heavy (non-hydrogen) atoms. The first-order valence-corrected chi connectivity index (χ1v) is 21.7. The van der Waals surface area contributed by atoms with E-state index in [-0.39, 0.29) is 30.9 Å². The molecular formula is C46H78N2O7. The van der Waals surface area contributed by atoms with E-state index in [2.05, 4.69) is 79.2 Å². The summed E-state index contributed by atoms with van der Waals surface area (Å²) in [7, 11) is 0. The quantitative estimate of drug-likeness (QED) is 0.0278. The SMILES string of the molecule is CCCCC/C=C\C/C=C\C/C=C\C(CCCCCCCC(=O)NCC(=O)NC(CO)C(=O)O)OC(=O)CCCCCCC/C=C\C/C=C\CCCCCC. The minimum absolute atomic E-state index is 0.130. The van der Waals surface area contributed by atoms with Crippen LogP contribution < -0.4 is 10.6 Å². The number of aliphatic hydroxyl groups is 1. The smallest absolute Gasteiger partial charge is 0.328 e. The Morgan fingerprint density at radius 1 is 0.564 bits per heavy atom. The number of carboxylic acids is 1. The number of allylic oxidation sites excluding steroid dienone is 9. The van der Waals surface area contributed by atoms with E-state index in [1.807, 2.05) is 6.08 Å². The van der Waals surface area contributed by atoms with Crippen LogP contribution in [-0.4, -0.2) is 59.3 Å². The van der Waals surface area contributed by atoms with Crippen molar-refractivity contribution in [2.75, 3.05) is 13.2 Å². The zero-order valence-electron chi connectivity index (χ0n) is 34.7. The first kappa shape index (κ1) is 51.5. The lowest BCUT2D eigenvalue weighted by Gasteiger charge is -2.15. The molecule has 9 nitrogen and oxygen atoms in total. The van der Waals surface area contributed by atoms with E-state index < -0.39 is 24.5 Å². The van der Waals surface area contributed by atoms with Crippen molar-refractivity contribution in [3.8, 4) is 0 Å². The number of aliphatic hydroxyl groups excluding tert-OH is 1. The molecule has 2 amide bonds. The first-order chi connectivity index (χ1) is 26.8. The lowest BCUT2D eigenvalue weighted by molar-refractivity contribution is -0.147. The number of carbonyl (C=O) groups excluding carboxylic acids is 3. The third kappa shape index (κ3) is 37.2. The molecule has 0 aromatic rings. The third-order valence-electron chi connectivity index (χ3n) is 9.22. The van der Waals surface area contributed by atoms with Crippen molar-refractivity contribution in [2.45, 2.75) is 193 Å². The Morgan fingerprint density at radius 3 is 1.62 bits per heavy atom. The molecule has 0 radical (unpaired) electrons. The van der Waals surface area contributed by atoms with Crippen LogP contribution in [0.15, 0.2) is 60.8 Å². The van der Waals surface area contributed by atoms with Gasteiger partial charge >= 0.3 is 11.9 Å². The second-order valence-electron chi connectivity index (χ2n) is 14.4. The Hall–Kier alpha value is -3.46. The topological polar surface area (TPSA) is 142 Å². The summed E-state index contributed by atoms with van der Waals surface area (Å²) in [6.45, 7) is 3.41. The lowest BCUT2D eigenvalue weighted by Crippen LogP contribution is -2.47. The number of aliphatic carboxylic acids is 1. The second-order valence-corrected chi connectivity index (χ2v) is 14.4. The number of carboxylic acid groups (broad SMARTS) is 1. The van der Waals surface area contributed by atoms with Crippen molar-refractivity contribution in [1.29, 1.82) is 0 Å². The monoisotopic (exact) mass is 771 g/mol. The highest BCUT2D eigenvalue weighted by Crippen LogP contribution is 2.15. The minimum Gasteiger partial charge on any atom is -0.480 e. The highest BCUT2D eigenvalue weighted by atomic mass is 16.5. The highest BCUT2D eigenvalue weighted by molar-refractivity contribution is 5.87. The molecule has 9 heteroatoms. The number of amides is 2. The van der Waals surface area contributed by atoms with E-state index in [1.165, 1.54) is 64.2 Å². The van der Waals surface area contributed by atoms with Gasteiger partial charge in [0.25, 0.3) is 0 Å². The Labute approximate surface area is 334 Å². The van der Waals surface area contributed by atoms with Crippen LogP contribution in [-0.2, 0) is 23.9 Å². The maximum absolute atomic E-state index is 12.7. The molecule has 0 saturated carbocycles. The van der Waals surface area contributed by atoms with Crippen molar-refractivity contribution in [2.24, 2.45) is 0 Å². The molecule has 4 N–H and O–H groups in total. The van der Waals surface area contributed by atoms with Gasteiger partial charge in [-0.3, -0.25) is 14.4 Å². The maximum Gasteiger partial charge on any atom is 0.328 e. The van der Waals surface area contributed by atoms with Crippen molar-refractivity contribution in [1.82, 2.24) is 10.6 Å². The number of rotatable bonds is 38. The fourth-order valence-electron chi connectivity index (χ4n) is 5.85. The zero-order valence-corrected chi connectivity index (χ0v) is 34.7. The third-order valence-corrected chi connectivity index (χ3v) is 9.22. The highest BCUT2D eigenvalue weighted by Gasteiger charge is 2.18. The summed E-state index contributed by atoms with van der Waals surface area (Å²) in [5, 5.41) is 22.5. The fraction of sp³-hybridized carbons (Fsp3) is 0.696. The van der Waals surface area contributed by atoms with Gasteiger partial charge in [-0.1, -0.05) is 139 Å². The summed E-state index contributed by atoms with van der Waals surface area (Å²) in [6, 6.07) is -1.39. The average molecular weight is 771 g/mol. The molecule has 314 valence electrons. The molecule has 0 aliphatic heterocycles. The molecule has 0 bridgehead atoms. The molecule has 0 aromatic heterocycles. The zero-order chi connectivity index (χ0) is 40.5. The van der Waals surface area contributed by atoms with Gasteiger partial charge < -0.3 is 25.6 Å². The summed E-state index contributed by atoms with van der Waals surface area (Å²) < 4.78 is 5.91. The summed E-state index contributed by atoms with van der Waals surface area (Å²) in [6.07, 6.45) is 48.3. The largest absolute Gasteiger partial charge is 0.480 e. The van der Waals surface area contributed by atoms with E-state index in [0.717, 1.165) is 83.5 Å². The average Bonchev–Trinajstić information content (AvgIpc) is 3.17. The fourth-order valence-corrected chi connectivity index (χ4v) is 5.85. The van der Waals surface area contributed by atoms with Crippen LogP contribution in [0.2, 0.25) is 0 Å². The van der Waals surface area contributed by atoms with Crippen LogP contribution in [0.3, 0.4) is 0 Å². The number of hydrogen-bond acceptors (Lipinski definition) is 6. The summed E-state index contributed by atoms with van der Waals surface area (Å²) in [5.41, 5.74) is 0. The van der Waals surface area contributed by atoms with Gasteiger partial charge in [-0.2, -0.15) is 0 Å². The van der Waals surface area contributed by atoms with Crippen LogP contribution in [0.4, 0.5) is 0 Å². The molecule has 2 atom stereocenters. The van der Waals surface area contributed by atoms with Crippen molar-refractivity contribution in [3.63, 3.8) is 0 Å². The van der Waals surface area contributed by atoms with E-state index in [1.54, 1.807) is 0 Å². The summed E-state index contributed by atoms with van der Waals surface area (Å²) in [4.78, 5) is 47.5. The van der Waals surface area contributed by atoms with Gasteiger partial charge in [0.15, 0.2) is 0 Å². The molecule has 0 aliphatic rings. The minimum atomic E-state index is -1.39. The molecule has 0 rings (SSSR count). The molecule has 2 unspecified atom stereocenters. The number of carbonyl (C=O) groups is 4. The normalized spacial score (nSPS) is 13.1. The van der Waals surface area contributed by atoms with E-state index in [9.17, 15) is 19.2 Å². The number of nitrogens with one attached hydrogen (secondary N) is 2. The molecule has 0 fully saturated rings. The van der Waals surface area contributed by atoms with Crippen LogP contribution in [0.1, 0.15) is 181 Å². The Bertz CT molecular complexity index is 1110. The van der Waals surface area contributed by atoms with Crippen LogP contribution >= 0.6 is 0 Å². The number of esters is 1. The van der Waals surface area contributed by atoms with Crippen LogP contribution in [0.5, 0.6) is 0 Å². The van der Waals surface area contributed by atoms with Gasteiger partial charge in [0.2, 0.25) is 11.8 Å². The van der Waals surface area contributed by atoms with Gasteiger partial charge in [0.1, 0.15) is 12.1 Å². The predicted octanol–water partition coefficient (Wildman–Crippen LogP) is 10.5. The van der Waals surface area contributed by atoms with Crippen molar-refractivity contribution >= 4 is 23.8 Å². The number of hydrogen-bond donors (Lipinski definition) is 4. The number of unbranched alkanes of at least 4 members (excludes halogenated alkanes) is 16. The molecule has 0 saturated heterocycles. The molecular weight excluding hydrogens is 693 g/mol. The maximum atomic E-state index is 12.7. The first-order valence-electron chi connectivity index (χ1n) is 21.7. The van der Waals surface area contributed by atoms with E-state index >= 15 is 0 Å². The van der Waals surface area contributed by atoms with Gasteiger partial charge in [0.05, 0.1) is 13.2 Å². The predicted molar refractivity (Wildman–Crippen MR) is 227 cm³/mol. The van der Waals surface area contributed by atoms with Gasteiger partial charge in [-0.25, -0.2) is 4.79 Å². The molecule has 0 aliphatic carbocycles. The van der Waals surface area contributed by atoms with Gasteiger partial charge in [-0.05, 0) is 89.5 Å². The summed E-state index contributed by atoms with van der Waals surface area (Å²) >= 11 is 0. The van der Waals surface area contributed by atoms with Crippen molar-refractivity contribution in [3.05, 3.63) is 60.8 Å². The molecule has 0 aromatic carbocycles. The Balaban J connectivity index is 4.43. The Morgan fingerprint density at radius 2 is 1.04 bits per heavy atom. The van der Waals surface area contributed by atoms with Gasteiger partial charge in [0, 0.05) is 12.8 Å². The van der Waals surface area contributed by atoms with Gasteiger partial charge in [-0.15, -0.1) is 0 Å². The summed E-state index contributed by atoms with van der Waals surface area (Å²) in [5.74, 6) is -2.41. The van der Waals surface area contributed by atoms with Crippen LogP contribution in [0.25, 0.3) is 0 Å². The van der Waals surface area contributed by atoms with Crippen molar-refractivity contribution < 1.29 is 34.1 Å². The molecule has 0 heterocycles. The van der Waals surface area contributed by atoms with Crippen LogP contribution in [0, 0.1) is 0 Å². The second kappa shape index (κ2) is 40.2. The standard InChI is InChI=1S/C46H78N2O7/c1-3-5-7-9-11-13-15-16-17-18-19-21-23-25-30-34-38-45(52)55-41(35-31-27-24-22-20-14-12-10-8-6-4-2)36-32-28-26-29-33-37-43(50)47-39-44(51)48-42(40-49)46(53)54/h12-15,17-18,22,24,31,35,41-42,49H,3-11,16,19-21,23,25-30,32-34,36-40H2,1-2H3,(H,47,50)(H,48,51)(H,53,54)/b14-12-,15-13-,18-17-,24-22-,35-31-. The van der Waals surface area contributed by atoms with E-state index in [0.29, 0.717) is 12.8 Å². The molecule has 0 spiro atoms. The lowest BCUT2D eigenvalue weighted by atomic mass is 10.1. The Kier molecular flexibility index (Phi) is 37.7. The van der Waals surface area contributed by atoms with E-state index in [4.69, 9.17) is 14.9 Å². The number of ether oxygens (including phenoxy) is 1.